The number of H-pyrrole nitrogens is 1. The molecule has 18 heavy (non-hydrogen) atoms. The second-order valence-corrected chi connectivity index (χ2v) is 4.21. The second kappa shape index (κ2) is 4.14. The van der Waals surface area contributed by atoms with Crippen LogP contribution in [-0.4, -0.2) is 9.97 Å². The first kappa shape index (κ1) is 10.8. The molecule has 3 aromatic rings. The monoisotopic (exact) mass is 241 g/mol. The molecule has 0 aliphatic heterocycles. The number of hydrogen-bond acceptors (Lipinski definition) is 2. The number of rotatable bonds is 2. The van der Waals surface area contributed by atoms with Gasteiger partial charge in [0.25, 0.3) is 0 Å². The largest absolute Gasteiger partial charge is 0.324 e. The molecule has 2 aromatic carbocycles. The van der Waals surface area contributed by atoms with E-state index in [1.807, 2.05) is 37.3 Å². The molecule has 4 heteroatoms. The molecular weight excluding hydrogens is 229 g/mol. The molecule has 0 aliphatic rings. The third-order valence-electron chi connectivity index (χ3n) is 2.77. The van der Waals surface area contributed by atoms with Crippen molar-refractivity contribution in [2.75, 3.05) is 5.32 Å². The minimum Gasteiger partial charge on any atom is -0.324 e. The van der Waals surface area contributed by atoms with Crippen LogP contribution in [0.4, 0.5) is 16.0 Å². The van der Waals surface area contributed by atoms with Gasteiger partial charge in [-0.05, 0) is 36.8 Å². The van der Waals surface area contributed by atoms with Crippen LogP contribution in [0.3, 0.4) is 0 Å². The number of imidazole rings is 1. The third-order valence-corrected chi connectivity index (χ3v) is 2.77. The second-order valence-electron chi connectivity index (χ2n) is 4.21. The van der Waals surface area contributed by atoms with Gasteiger partial charge in [-0.3, -0.25) is 0 Å². The van der Waals surface area contributed by atoms with Crippen molar-refractivity contribution in [1.29, 1.82) is 0 Å². The van der Waals surface area contributed by atoms with Gasteiger partial charge in [0.05, 0.1) is 16.7 Å². The van der Waals surface area contributed by atoms with E-state index in [4.69, 9.17) is 0 Å². The first-order valence-electron chi connectivity index (χ1n) is 5.70. The predicted octanol–water partition coefficient (Wildman–Crippen LogP) is 3.75. The molecule has 0 fully saturated rings. The van der Waals surface area contributed by atoms with Crippen molar-refractivity contribution >= 4 is 22.7 Å². The molecule has 0 aliphatic carbocycles. The predicted molar refractivity (Wildman–Crippen MR) is 70.5 cm³/mol. The van der Waals surface area contributed by atoms with Crippen molar-refractivity contribution in [2.45, 2.75) is 6.92 Å². The highest BCUT2D eigenvalue weighted by Crippen LogP contribution is 2.21. The average Bonchev–Trinajstić information content (AvgIpc) is 2.75. The Morgan fingerprint density at radius 2 is 2.00 bits per heavy atom. The number of aromatic amines is 1. The number of halogens is 1. The quantitative estimate of drug-likeness (QED) is 0.717. The molecule has 0 bridgehead atoms. The number of fused-ring (bicyclic) bond motifs is 1. The van der Waals surface area contributed by atoms with Crippen LogP contribution in [0.15, 0.2) is 42.5 Å². The van der Waals surface area contributed by atoms with Gasteiger partial charge in [0.15, 0.2) is 0 Å². The number of nitrogens with one attached hydrogen (secondary N) is 2. The van der Waals surface area contributed by atoms with Crippen molar-refractivity contribution in [2.24, 2.45) is 0 Å². The Kier molecular flexibility index (Phi) is 2.48. The summed E-state index contributed by atoms with van der Waals surface area (Å²) in [6.45, 7) is 1.86. The van der Waals surface area contributed by atoms with E-state index in [2.05, 4.69) is 15.3 Å². The Hall–Kier alpha value is -2.36. The van der Waals surface area contributed by atoms with E-state index < -0.39 is 0 Å². The Morgan fingerprint density at radius 3 is 2.78 bits per heavy atom. The highest BCUT2D eigenvalue weighted by atomic mass is 19.1. The molecule has 0 spiro atoms. The number of benzene rings is 2. The smallest absolute Gasteiger partial charge is 0.205 e. The third kappa shape index (κ3) is 1.93. The standard InChI is InChI=1S/C14H12FN3/c1-9-6-7-11(10(15)8-9)16-14-17-12-4-2-3-5-13(12)18-14/h2-8H,1H3,(H2,16,17,18). The van der Waals surface area contributed by atoms with Crippen LogP contribution < -0.4 is 5.32 Å². The minimum absolute atomic E-state index is 0.282. The fourth-order valence-electron chi connectivity index (χ4n) is 1.86. The van der Waals surface area contributed by atoms with Crippen LogP contribution in [0.25, 0.3) is 11.0 Å². The Morgan fingerprint density at radius 1 is 1.17 bits per heavy atom. The topological polar surface area (TPSA) is 40.7 Å². The van der Waals surface area contributed by atoms with E-state index >= 15 is 0 Å². The summed E-state index contributed by atoms with van der Waals surface area (Å²) >= 11 is 0. The molecule has 0 saturated carbocycles. The van der Waals surface area contributed by atoms with Gasteiger partial charge in [-0.2, -0.15) is 0 Å². The molecule has 3 rings (SSSR count). The van der Waals surface area contributed by atoms with Crippen LogP contribution >= 0.6 is 0 Å². The van der Waals surface area contributed by atoms with Gasteiger partial charge in [0, 0.05) is 0 Å². The minimum atomic E-state index is -0.282. The van der Waals surface area contributed by atoms with Crippen LogP contribution in [0.5, 0.6) is 0 Å². The number of nitrogens with zero attached hydrogens (tertiary/aromatic N) is 1. The van der Waals surface area contributed by atoms with Crippen molar-refractivity contribution in [1.82, 2.24) is 9.97 Å². The summed E-state index contributed by atoms with van der Waals surface area (Å²) in [5.74, 6) is 0.259. The summed E-state index contributed by atoms with van der Waals surface area (Å²) in [6, 6.07) is 12.7. The van der Waals surface area contributed by atoms with Crippen molar-refractivity contribution in [3.8, 4) is 0 Å². The first-order valence-corrected chi connectivity index (χ1v) is 5.70. The van der Waals surface area contributed by atoms with Crippen molar-refractivity contribution < 1.29 is 4.39 Å². The SMILES string of the molecule is Cc1ccc(Nc2nc3ccccc3[nH]2)c(F)c1. The lowest BCUT2D eigenvalue weighted by Gasteiger charge is -2.04. The molecule has 90 valence electrons. The number of para-hydroxylation sites is 2. The highest BCUT2D eigenvalue weighted by Gasteiger charge is 2.05. The lowest BCUT2D eigenvalue weighted by atomic mass is 10.2. The molecule has 1 heterocycles. The van der Waals surface area contributed by atoms with Gasteiger partial charge in [0.1, 0.15) is 5.82 Å². The number of anilines is 2. The molecule has 0 unspecified atom stereocenters. The zero-order valence-corrected chi connectivity index (χ0v) is 9.87. The van der Waals surface area contributed by atoms with E-state index in [0.29, 0.717) is 11.6 Å². The highest BCUT2D eigenvalue weighted by molar-refractivity contribution is 5.78. The zero-order valence-electron chi connectivity index (χ0n) is 9.87. The van der Waals surface area contributed by atoms with E-state index in [1.165, 1.54) is 6.07 Å². The number of hydrogen-bond donors (Lipinski definition) is 2. The molecule has 1 aromatic heterocycles. The number of aryl methyl sites for hydroxylation is 1. The Balaban J connectivity index is 1.96. The molecule has 0 radical (unpaired) electrons. The maximum Gasteiger partial charge on any atom is 0.205 e. The van der Waals surface area contributed by atoms with Crippen LogP contribution in [-0.2, 0) is 0 Å². The van der Waals surface area contributed by atoms with Crippen molar-refractivity contribution in [3.63, 3.8) is 0 Å². The van der Waals surface area contributed by atoms with Gasteiger partial charge in [-0.25, -0.2) is 9.37 Å². The molecule has 0 saturated heterocycles. The summed E-state index contributed by atoms with van der Waals surface area (Å²) in [5.41, 5.74) is 3.09. The Bertz CT molecular complexity index is 670. The fourth-order valence-corrected chi connectivity index (χ4v) is 1.86. The lowest BCUT2D eigenvalue weighted by Crippen LogP contribution is -1.95. The zero-order chi connectivity index (χ0) is 12.5. The first-order chi connectivity index (χ1) is 8.72. The van der Waals surface area contributed by atoms with E-state index in [1.54, 1.807) is 6.07 Å². The maximum absolute atomic E-state index is 13.7. The average molecular weight is 241 g/mol. The van der Waals surface area contributed by atoms with E-state index in [0.717, 1.165) is 16.6 Å². The lowest BCUT2D eigenvalue weighted by molar-refractivity contribution is 0.630. The maximum atomic E-state index is 13.7. The normalized spacial score (nSPS) is 10.8. The number of aromatic nitrogens is 2. The van der Waals surface area contributed by atoms with Crippen molar-refractivity contribution in [3.05, 3.63) is 53.8 Å². The van der Waals surface area contributed by atoms with Crippen LogP contribution in [0, 0.1) is 12.7 Å². The summed E-state index contributed by atoms with van der Waals surface area (Å²) in [7, 11) is 0. The molecule has 0 atom stereocenters. The summed E-state index contributed by atoms with van der Waals surface area (Å²) in [6.07, 6.45) is 0. The van der Waals surface area contributed by atoms with Gasteiger partial charge in [-0.15, -0.1) is 0 Å². The molecule has 0 amide bonds. The Labute approximate surface area is 104 Å². The summed E-state index contributed by atoms with van der Waals surface area (Å²) in [5, 5.41) is 2.95. The molecule has 2 N–H and O–H groups in total. The molecule has 3 nitrogen and oxygen atoms in total. The molecular formula is C14H12FN3. The fraction of sp³-hybridized carbons (Fsp3) is 0.0714. The summed E-state index contributed by atoms with van der Waals surface area (Å²) < 4.78 is 13.7. The summed E-state index contributed by atoms with van der Waals surface area (Å²) in [4.78, 5) is 7.44. The van der Waals surface area contributed by atoms with E-state index in [-0.39, 0.29) is 5.82 Å². The van der Waals surface area contributed by atoms with Gasteiger partial charge < -0.3 is 10.3 Å². The van der Waals surface area contributed by atoms with Gasteiger partial charge in [-0.1, -0.05) is 18.2 Å². The van der Waals surface area contributed by atoms with Gasteiger partial charge >= 0.3 is 0 Å². The van der Waals surface area contributed by atoms with Crippen LogP contribution in [0.1, 0.15) is 5.56 Å². The van der Waals surface area contributed by atoms with Gasteiger partial charge in [0.2, 0.25) is 5.95 Å². The van der Waals surface area contributed by atoms with E-state index in [9.17, 15) is 4.39 Å². The van der Waals surface area contributed by atoms with Crippen LogP contribution in [0.2, 0.25) is 0 Å².